The van der Waals surface area contributed by atoms with E-state index < -0.39 is 14.7 Å². The largest absolute Gasteiger partial charge is 0.494 e. The lowest BCUT2D eigenvalue weighted by molar-refractivity contribution is -0.151. The Labute approximate surface area is 239 Å². The summed E-state index contributed by atoms with van der Waals surface area (Å²) in [5, 5.41) is 0. The lowest BCUT2D eigenvalue weighted by Crippen LogP contribution is -2.23. The number of benzene rings is 1. The van der Waals surface area contributed by atoms with Crippen molar-refractivity contribution in [1.82, 2.24) is 4.90 Å². The molecule has 0 heterocycles. The molecule has 0 amide bonds. The van der Waals surface area contributed by atoms with Crippen LogP contribution < -0.4 is 4.74 Å². The number of carbonyl (C=O) groups is 1. The van der Waals surface area contributed by atoms with Crippen molar-refractivity contribution in [3.63, 3.8) is 0 Å². The molecular formula is C31H56NO6P. The Morgan fingerprint density at radius 1 is 0.846 bits per heavy atom. The molecule has 0 aromatic heterocycles. The van der Waals surface area contributed by atoms with Crippen LogP contribution >= 0.6 is 8.60 Å². The van der Waals surface area contributed by atoms with Gasteiger partial charge >= 0.3 is 14.6 Å². The van der Waals surface area contributed by atoms with Crippen molar-refractivity contribution in [3.05, 3.63) is 29.8 Å². The quantitative estimate of drug-likeness (QED) is 0.0692. The molecule has 39 heavy (non-hydrogen) atoms. The summed E-state index contributed by atoms with van der Waals surface area (Å²) in [6.45, 7) is 6.19. The maximum Gasteiger partial charge on any atom is 0.330 e. The Balaban J connectivity index is 2.26. The first-order chi connectivity index (χ1) is 18.9. The van der Waals surface area contributed by atoms with Crippen LogP contribution in [0.25, 0.3) is 0 Å². The van der Waals surface area contributed by atoms with Gasteiger partial charge in [-0.05, 0) is 63.9 Å². The molecule has 0 bridgehead atoms. The molecule has 0 spiro atoms. The Morgan fingerprint density at radius 2 is 1.49 bits per heavy atom. The van der Waals surface area contributed by atoms with Gasteiger partial charge in [0.05, 0.1) is 19.8 Å². The average Bonchev–Trinajstić information content (AvgIpc) is 2.91. The molecule has 1 aromatic carbocycles. The highest BCUT2D eigenvalue weighted by Gasteiger charge is 2.18. The van der Waals surface area contributed by atoms with Crippen molar-refractivity contribution in [2.45, 2.75) is 116 Å². The molecule has 0 aliphatic heterocycles. The van der Waals surface area contributed by atoms with Gasteiger partial charge in [-0.1, -0.05) is 83.8 Å². The predicted octanol–water partition coefficient (Wildman–Crippen LogP) is 7.83. The molecule has 0 aliphatic carbocycles. The third-order valence-corrected chi connectivity index (χ3v) is 7.32. The van der Waals surface area contributed by atoms with Gasteiger partial charge in [-0.25, -0.2) is 0 Å². The Bertz CT molecular complexity index is 703. The molecule has 0 aliphatic rings. The number of aryl methyl sites for hydroxylation is 1. The molecule has 1 N–H and O–H groups in total. The molecule has 1 rings (SSSR count). The molecule has 0 fully saturated rings. The summed E-state index contributed by atoms with van der Waals surface area (Å²) in [6, 6.07) is 8.29. The molecular weight excluding hydrogens is 513 g/mol. The first-order valence-electron chi connectivity index (χ1n) is 15.2. The first kappa shape index (κ1) is 35.8. The number of nitrogens with zero attached hydrogens (tertiary/aromatic N) is 1. The van der Waals surface area contributed by atoms with Gasteiger partial charge in [-0.15, -0.1) is 0 Å². The summed E-state index contributed by atoms with van der Waals surface area (Å²) < 4.78 is 22.3. The zero-order valence-corrected chi connectivity index (χ0v) is 26.1. The van der Waals surface area contributed by atoms with E-state index in [9.17, 15) is 9.69 Å². The average molecular weight is 570 g/mol. The van der Waals surface area contributed by atoms with Gasteiger partial charge in [0.2, 0.25) is 0 Å². The van der Waals surface area contributed by atoms with Gasteiger partial charge < -0.3 is 28.3 Å². The van der Waals surface area contributed by atoms with E-state index in [0.717, 1.165) is 38.0 Å². The van der Waals surface area contributed by atoms with E-state index >= 15 is 0 Å². The highest BCUT2D eigenvalue weighted by atomic mass is 31.2. The van der Waals surface area contributed by atoms with Gasteiger partial charge in [0.15, 0.2) is 0 Å². The van der Waals surface area contributed by atoms with Crippen LogP contribution in [-0.2, 0) is 25.0 Å². The molecule has 2 atom stereocenters. The Kier molecular flexibility index (Phi) is 22.5. The van der Waals surface area contributed by atoms with E-state index in [1.54, 1.807) is 0 Å². The predicted molar refractivity (Wildman–Crippen MR) is 161 cm³/mol. The minimum absolute atomic E-state index is 0.130. The van der Waals surface area contributed by atoms with Crippen LogP contribution in [0.4, 0.5) is 0 Å². The summed E-state index contributed by atoms with van der Waals surface area (Å²) in [4.78, 5) is 24.0. The molecule has 7 nitrogen and oxygen atoms in total. The second kappa shape index (κ2) is 24.5. The normalized spacial score (nSPS) is 13.0. The van der Waals surface area contributed by atoms with Gasteiger partial charge in [0.1, 0.15) is 11.9 Å². The maximum absolute atomic E-state index is 12.0. The highest BCUT2D eigenvalue weighted by Crippen LogP contribution is 2.33. The van der Waals surface area contributed by atoms with E-state index in [1.807, 2.05) is 38.1 Å². The molecule has 0 radical (unpaired) electrons. The van der Waals surface area contributed by atoms with Crippen LogP contribution in [-0.4, -0.2) is 62.3 Å². The topological polar surface area (TPSA) is 77.5 Å². The maximum atomic E-state index is 12.0. The number of rotatable bonds is 26. The number of ether oxygens (including phenoxy) is 2. The van der Waals surface area contributed by atoms with Crippen molar-refractivity contribution >= 4 is 14.6 Å². The molecule has 2 unspecified atom stereocenters. The zero-order valence-electron chi connectivity index (χ0n) is 25.2. The Hall–Kier alpha value is -1.24. The second-order valence-corrected chi connectivity index (χ2v) is 11.6. The third kappa shape index (κ3) is 21.2. The van der Waals surface area contributed by atoms with Crippen LogP contribution in [0, 0.1) is 0 Å². The zero-order chi connectivity index (χ0) is 28.6. The third-order valence-electron chi connectivity index (χ3n) is 6.54. The van der Waals surface area contributed by atoms with Gasteiger partial charge in [0, 0.05) is 13.0 Å². The molecule has 0 saturated carbocycles. The lowest BCUT2D eigenvalue weighted by Gasteiger charge is -2.20. The van der Waals surface area contributed by atoms with Crippen molar-refractivity contribution in [2.75, 3.05) is 40.5 Å². The van der Waals surface area contributed by atoms with Gasteiger partial charge in [-0.3, -0.25) is 4.79 Å². The van der Waals surface area contributed by atoms with Crippen LogP contribution in [0.15, 0.2) is 24.3 Å². The highest BCUT2D eigenvalue weighted by molar-refractivity contribution is 7.40. The van der Waals surface area contributed by atoms with Crippen LogP contribution in [0.2, 0.25) is 0 Å². The van der Waals surface area contributed by atoms with E-state index in [2.05, 4.69) is 19.1 Å². The summed E-state index contributed by atoms with van der Waals surface area (Å²) in [5.74, 6) is 0.686. The SMILES string of the molecule is CCCCCCCCCCCCOc1ccc(CCCC(COP(O)OCCN(C)C)OC(=O)CCC)cc1. The minimum atomic E-state index is -1.99. The van der Waals surface area contributed by atoms with Crippen molar-refractivity contribution in [2.24, 2.45) is 0 Å². The van der Waals surface area contributed by atoms with Crippen LogP contribution in [0.1, 0.15) is 109 Å². The summed E-state index contributed by atoms with van der Waals surface area (Å²) in [7, 11) is 1.89. The molecule has 8 heteroatoms. The molecule has 226 valence electrons. The van der Waals surface area contributed by atoms with E-state index in [4.69, 9.17) is 18.5 Å². The number of hydrogen-bond donors (Lipinski definition) is 1. The van der Waals surface area contributed by atoms with Gasteiger partial charge in [0.25, 0.3) is 0 Å². The summed E-state index contributed by atoms with van der Waals surface area (Å²) in [5.41, 5.74) is 1.22. The fourth-order valence-electron chi connectivity index (χ4n) is 4.18. The minimum Gasteiger partial charge on any atom is -0.494 e. The number of hydrogen-bond acceptors (Lipinski definition) is 7. The molecule has 1 aromatic rings. The fourth-order valence-corrected chi connectivity index (χ4v) is 4.78. The smallest absolute Gasteiger partial charge is 0.330 e. The van der Waals surface area contributed by atoms with Crippen molar-refractivity contribution in [3.8, 4) is 5.75 Å². The summed E-state index contributed by atoms with van der Waals surface area (Å²) in [6.07, 6.45) is 16.3. The van der Waals surface area contributed by atoms with Crippen LogP contribution in [0.3, 0.4) is 0 Å². The first-order valence-corrected chi connectivity index (χ1v) is 16.4. The number of unbranched alkanes of at least 4 members (excludes halogenated alkanes) is 9. The van der Waals surface area contributed by atoms with Crippen LogP contribution in [0.5, 0.6) is 5.75 Å². The number of carbonyl (C=O) groups excluding carboxylic acids is 1. The Morgan fingerprint density at radius 3 is 2.10 bits per heavy atom. The number of likely N-dealkylation sites (N-methyl/N-ethyl adjacent to an activating group) is 1. The molecule has 0 saturated heterocycles. The lowest BCUT2D eigenvalue weighted by atomic mass is 10.1. The van der Waals surface area contributed by atoms with E-state index in [-0.39, 0.29) is 12.6 Å². The van der Waals surface area contributed by atoms with Crippen molar-refractivity contribution < 1.29 is 28.2 Å². The standard InChI is InChI=1S/C31H56NO6P/c1-5-7-8-9-10-11-12-13-14-15-25-35-29-22-20-28(21-23-29)18-16-19-30(38-31(33)17-6-2)27-37-39(34)36-26-24-32(3)4/h20-23,30,34H,5-19,24-27H2,1-4H3. The number of esters is 1. The fraction of sp³-hybridized carbons (Fsp3) is 0.774. The van der Waals surface area contributed by atoms with E-state index in [0.29, 0.717) is 26.0 Å². The van der Waals surface area contributed by atoms with E-state index in [1.165, 1.54) is 63.4 Å². The monoisotopic (exact) mass is 569 g/mol. The summed E-state index contributed by atoms with van der Waals surface area (Å²) >= 11 is 0. The van der Waals surface area contributed by atoms with Gasteiger partial charge in [-0.2, -0.15) is 0 Å². The second-order valence-electron chi connectivity index (χ2n) is 10.6. The van der Waals surface area contributed by atoms with Crippen molar-refractivity contribution in [1.29, 1.82) is 0 Å².